The number of nitrogens with zero attached hydrogens (tertiary/aromatic N) is 1. The van der Waals surface area contributed by atoms with E-state index in [1.165, 1.54) is 25.8 Å². The molecule has 1 fully saturated rings. The summed E-state index contributed by atoms with van der Waals surface area (Å²) < 4.78 is 0. The van der Waals surface area contributed by atoms with Crippen LogP contribution in [0.4, 0.5) is 0 Å². The van der Waals surface area contributed by atoms with Crippen LogP contribution in [0.1, 0.15) is 46.0 Å². The highest BCUT2D eigenvalue weighted by molar-refractivity contribution is 4.85. The molecule has 2 unspecified atom stereocenters. The normalized spacial score (nSPS) is 26.6. The number of hydrogen-bond acceptors (Lipinski definition) is 3. The highest BCUT2D eigenvalue weighted by atomic mass is 16.3. The first-order valence-electron chi connectivity index (χ1n) is 6.67. The van der Waals surface area contributed by atoms with Gasteiger partial charge in [-0.2, -0.15) is 0 Å². The molecule has 1 aliphatic heterocycles. The van der Waals surface area contributed by atoms with Gasteiger partial charge >= 0.3 is 0 Å². The van der Waals surface area contributed by atoms with Crippen LogP contribution >= 0.6 is 0 Å². The van der Waals surface area contributed by atoms with Crippen LogP contribution in [0, 0.1) is 0 Å². The molecular formula is C13H28N2O. The lowest BCUT2D eigenvalue weighted by molar-refractivity contribution is 0.155. The van der Waals surface area contributed by atoms with E-state index in [0.29, 0.717) is 6.04 Å². The Bertz CT molecular complexity index is 198. The van der Waals surface area contributed by atoms with Gasteiger partial charge in [-0.3, -0.25) is 0 Å². The lowest BCUT2D eigenvalue weighted by atomic mass is 9.93. The Morgan fingerprint density at radius 2 is 2.19 bits per heavy atom. The Hall–Kier alpha value is -0.120. The van der Waals surface area contributed by atoms with E-state index in [4.69, 9.17) is 5.11 Å². The monoisotopic (exact) mass is 228 g/mol. The van der Waals surface area contributed by atoms with Crippen LogP contribution in [-0.2, 0) is 0 Å². The van der Waals surface area contributed by atoms with Crippen molar-refractivity contribution in [3.8, 4) is 0 Å². The van der Waals surface area contributed by atoms with E-state index in [2.05, 4.69) is 31.1 Å². The first-order valence-corrected chi connectivity index (χ1v) is 6.67. The molecule has 0 aromatic rings. The van der Waals surface area contributed by atoms with Crippen molar-refractivity contribution in [2.24, 2.45) is 0 Å². The largest absolute Gasteiger partial charge is 0.396 e. The van der Waals surface area contributed by atoms with E-state index >= 15 is 0 Å². The average Bonchev–Trinajstić information content (AvgIpc) is 2.28. The summed E-state index contributed by atoms with van der Waals surface area (Å²) in [6.07, 6.45) is 5.93. The van der Waals surface area contributed by atoms with Gasteiger partial charge in [0.1, 0.15) is 0 Å². The van der Waals surface area contributed by atoms with E-state index in [1.807, 2.05) is 0 Å². The molecule has 1 rings (SSSR count). The third-order valence-electron chi connectivity index (χ3n) is 4.13. The Labute approximate surface area is 100 Å². The maximum Gasteiger partial charge on any atom is 0.0448 e. The quantitative estimate of drug-likeness (QED) is 0.725. The summed E-state index contributed by atoms with van der Waals surface area (Å²) in [6.45, 7) is 6.97. The van der Waals surface area contributed by atoms with E-state index < -0.39 is 0 Å². The minimum absolute atomic E-state index is 0.104. The fourth-order valence-electron chi connectivity index (χ4n) is 2.40. The van der Waals surface area contributed by atoms with E-state index in [1.54, 1.807) is 0 Å². The third kappa shape index (κ3) is 4.04. The van der Waals surface area contributed by atoms with E-state index in [-0.39, 0.29) is 12.1 Å². The molecule has 1 aliphatic rings. The second-order valence-corrected chi connectivity index (χ2v) is 5.40. The van der Waals surface area contributed by atoms with Crippen molar-refractivity contribution in [2.45, 2.75) is 57.5 Å². The molecule has 0 aromatic carbocycles. The minimum Gasteiger partial charge on any atom is -0.396 e. The van der Waals surface area contributed by atoms with Crippen LogP contribution in [0.2, 0.25) is 0 Å². The van der Waals surface area contributed by atoms with Gasteiger partial charge < -0.3 is 15.3 Å². The van der Waals surface area contributed by atoms with Gasteiger partial charge in [0.25, 0.3) is 0 Å². The van der Waals surface area contributed by atoms with Gasteiger partial charge in [0.15, 0.2) is 0 Å². The number of hydrogen-bond donors (Lipinski definition) is 2. The molecule has 96 valence electrons. The van der Waals surface area contributed by atoms with Crippen molar-refractivity contribution in [1.82, 2.24) is 10.2 Å². The maximum atomic E-state index is 9.07. The molecule has 0 radical (unpaired) electrons. The lowest BCUT2D eigenvalue weighted by Gasteiger charge is -2.37. The summed E-state index contributed by atoms with van der Waals surface area (Å²) in [5, 5.41) is 12.7. The molecule has 0 bridgehead atoms. The number of likely N-dealkylation sites (tertiary alicyclic amines) is 1. The van der Waals surface area contributed by atoms with Crippen molar-refractivity contribution < 1.29 is 5.11 Å². The third-order valence-corrected chi connectivity index (χ3v) is 4.13. The highest BCUT2D eigenvalue weighted by Gasteiger charge is 2.24. The fraction of sp³-hybridized carbons (Fsp3) is 1.00. The van der Waals surface area contributed by atoms with Crippen LogP contribution in [0.15, 0.2) is 0 Å². The predicted molar refractivity (Wildman–Crippen MR) is 68.7 cm³/mol. The number of piperidine rings is 1. The Morgan fingerprint density at radius 1 is 1.44 bits per heavy atom. The Kier molecular flexibility index (Phi) is 5.73. The second-order valence-electron chi connectivity index (χ2n) is 5.40. The summed E-state index contributed by atoms with van der Waals surface area (Å²) in [5.41, 5.74) is 0.104. The zero-order valence-electron chi connectivity index (χ0n) is 11.1. The number of rotatable bonds is 6. The molecule has 2 N–H and O–H groups in total. The first kappa shape index (κ1) is 13.9. The van der Waals surface area contributed by atoms with Crippen molar-refractivity contribution in [3.63, 3.8) is 0 Å². The zero-order valence-corrected chi connectivity index (χ0v) is 11.1. The van der Waals surface area contributed by atoms with E-state index in [9.17, 15) is 0 Å². The molecule has 0 aliphatic carbocycles. The summed E-state index contributed by atoms with van der Waals surface area (Å²) in [7, 11) is 2.22. The zero-order chi connectivity index (χ0) is 12.0. The van der Waals surface area contributed by atoms with Crippen molar-refractivity contribution >= 4 is 0 Å². The molecule has 16 heavy (non-hydrogen) atoms. The van der Waals surface area contributed by atoms with Crippen LogP contribution in [0.5, 0.6) is 0 Å². The predicted octanol–water partition coefficient (Wildman–Crippen LogP) is 1.61. The van der Waals surface area contributed by atoms with Gasteiger partial charge in [-0.05, 0) is 46.2 Å². The molecule has 3 heteroatoms. The summed E-state index contributed by atoms with van der Waals surface area (Å²) in [6, 6.07) is 0.679. The van der Waals surface area contributed by atoms with E-state index in [0.717, 1.165) is 19.4 Å². The first-order chi connectivity index (χ1) is 7.61. The lowest BCUT2D eigenvalue weighted by Crippen LogP contribution is -2.50. The standard InChI is InChI=1S/C13H28N2O/c1-4-13(2,8-10-16)14-11-12-7-5-6-9-15(12)3/h12,14,16H,4-11H2,1-3H3. The number of nitrogens with one attached hydrogen (secondary N) is 1. The van der Waals surface area contributed by atoms with Crippen LogP contribution in [0.25, 0.3) is 0 Å². The summed E-state index contributed by atoms with van der Waals surface area (Å²) in [4.78, 5) is 2.46. The minimum atomic E-state index is 0.104. The van der Waals surface area contributed by atoms with Crippen molar-refractivity contribution in [1.29, 1.82) is 0 Å². The number of aliphatic hydroxyl groups excluding tert-OH is 1. The molecule has 0 spiro atoms. The Balaban J connectivity index is 2.36. The molecule has 0 aromatic heterocycles. The van der Waals surface area contributed by atoms with Crippen LogP contribution in [0.3, 0.4) is 0 Å². The highest BCUT2D eigenvalue weighted by Crippen LogP contribution is 2.17. The fourth-order valence-corrected chi connectivity index (χ4v) is 2.40. The molecule has 2 atom stereocenters. The van der Waals surface area contributed by atoms with Crippen LogP contribution in [-0.4, -0.2) is 48.3 Å². The molecule has 0 saturated carbocycles. The van der Waals surface area contributed by atoms with Gasteiger partial charge in [0, 0.05) is 24.7 Å². The van der Waals surface area contributed by atoms with Gasteiger partial charge in [0.05, 0.1) is 0 Å². The van der Waals surface area contributed by atoms with Gasteiger partial charge in [-0.15, -0.1) is 0 Å². The van der Waals surface area contributed by atoms with Gasteiger partial charge in [-0.25, -0.2) is 0 Å². The summed E-state index contributed by atoms with van der Waals surface area (Å²) >= 11 is 0. The van der Waals surface area contributed by atoms with Gasteiger partial charge in [0.2, 0.25) is 0 Å². The topological polar surface area (TPSA) is 35.5 Å². The van der Waals surface area contributed by atoms with Crippen molar-refractivity contribution in [3.05, 3.63) is 0 Å². The maximum absolute atomic E-state index is 9.07. The second kappa shape index (κ2) is 6.58. The smallest absolute Gasteiger partial charge is 0.0448 e. The Morgan fingerprint density at radius 3 is 2.75 bits per heavy atom. The molecule has 3 nitrogen and oxygen atoms in total. The average molecular weight is 228 g/mol. The van der Waals surface area contributed by atoms with Crippen molar-refractivity contribution in [2.75, 3.05) is 26.7 Å². The van der Waals surface area contributed by atoms with Gasteiger partial charge in [-0.1, -0.05) is 13.3 Å². The SMILES string of the molecule is CCC(C)(CCO)NCC1CCCCN1C. The molecule has 1 heterocycles. The number of likely N-dealkylation sites (N-methyl/N-ethyl adjacent to an activating group) is 1. The molecule has 0 amide bonds. The summed E-state index contributed by atoms with van der Waals surface area (Å²) in [5.74, 6) is 0. The number of aliphatic hydroxyl groups is 1. The molecule has 1 saturated heterocycles. The molecular weight excluding hydrogens is 200 g/mol. The van der Waals surface area contributed by atoms with Crippen LogP contribution < -0.4 is 5.32 Å².